The second-order valence-electron chi connectivity index (χ2n) is 4.93. The van der Waals surface area contributed by atoms with Crippen molar-refractivity contribution in [2.45, 2.75) is 51.7 Å². The molecule has 1 saturated carbocycles. The summed E-state index contributed by atoms with van der Waals surface area (Å²) in [5, 5.41) is 0. The molecule has 0 spiro atoms. The quantitative estimate of drug-likeness (QED) is 0.923. The number of aromatic nitrogens is 1. The molecule has 18 heavy (non-hydrogen) atoms. The van der Waals surface area contributed by atoms with Crippen LogP contribution in [0.5, 0.6) is 5.88 Å². The summed E-state index contributed by atoms with van der Waals surface area (Å²) in [5.41, 5.74) is 6.73. The van der Waals surface area contributed by atoms with E-state index in [1.165, 1.54) is 25.7 Å². The van der Waals surface area contributed by atoms with Crippen LogP contribution in [0.15, 0.2) is 16.7 Å². The van der Waals surface area contributed by atoms with Crippen LogP contribution in [0.1, 0.15) is 44.6 Å². The lowest BCUT2D eigenvalue weighted by Crippen LogP contribution is -2.30. The number of pyridine rings is 1. The molecule has 3 nitrogen and oxygen atoms in total. The number of halogens is 1. The molecule has 2 atom stereocenters. The number of ether oxygens (including phenoxy) is 1. The SMILES string of the molecule is CCC1CCCCC1Oc1ncc(Br)cc1CN. The van der Waals surface area contributed by atoms with E-state index in [-0.39, 0.29) is 0 Å². The van der Waals surface area contributed by atoms with Gasteiger partial charge in [-0.2, -0.15) is 0 Å². The Kier molecular flexibility index (Phi) is 5.01. The third-order valence-electron chi connectivity index (χ3n) is 3.74. The van der Waals surface area contributed by atoms with Crippen LogP contribution >= 0.6 is 15.9 Å². The summed E-state index contributed by atoms with van der Waals surface area (Å²) in [6.45, 7) is 2.70. The van der Waals surface area contributed by atoms with E-state index in [0.29, 0.717) is 24.4 Å². The van der Waals surface area contributed by atoms with Gasteiger partial charge in [-0.1, -0.05) is 13.3 Å². The van der Waals surface area contributed by atoms with Crippen molar-refractivity contribution in [3.8, 4) is 5.88 Å². The summed E-state index contributed by atoms with van der Waals surface area (Å²) in [5.74, 6) is 1.38. The Bertz CT molecular complexity index is 397. The molecule has 0 aromatic carbocycles. The second-order valence-corrected chi connectivity index (χ2v) is 5.85. The van der Waals surface area contributed by atoms with Crippen molar-refractivity contribution in [2.24, 2.45) is 11.7 Å². The van der Waals surface area contributed by atoms with Crippen molar-refractivity contribution in [3.05, 3.63) is 22.3 Å². The van der Waals surface area contributed by atoms with Crippen molar-refractivity contribution in [1.29, 1.82) is 0 Å². The maximum Gasteiger partial charge on any atom is 0.218 e. The van der Waals surface area contributed by atoms with Crippen LogP contribution in [0.4, 0.5) is 0 Å². The molecule has 2 N–H and O–H groups in total. The molecule has 1 aromatic heterocycles. The maximum atomic E-state index is 6.12. The lowest BCUT2D eigenvalue weighted by atomic mass is 9.85. The fourth-order valence-electron chi connectivity index (χ4n) is 2.66. The summed E-state index contributed by atoms with van der Waals surface area (Å²) >= 11 is 3.41. The highest BCUT2D eigenvalue weighted by Gasteiger charge is 2.26. The highest BCUT2D eigenvalue weighted by molar-refractivity contribution is 9.10. The molecule has 1 fully saturated rings. The van der Waals surface area contributed by atoms with Crippen molar-refractivity contribution in [1.82, 2.24) is 4.98 Å². The Balaban J connectivity index is 2.12. The molecule has 1 aromatic rings. The predicted molar refractivity (Wildman–Crippen MR) is 76.5 cm³/mol. The van der Waals surface area contributed by atoms with Crippen LogP contribution in [0, 0.1) is 5.92 Å². The molecule has 0 radical (unpaired) electrons. The molecule has 2 rings (SSSR count). The Morgan fingerprint density at radius 1 is 1.44 bits per heavy atom. The van der Waals surface area contributed by atoms with E-state index >= 15 is 0 Å². The zero-order valence-corrected chi connectivity index (χ0v) is 12.4. The molecule has 1 aliphatic carbocycles. The zero-order valence-electron chi connectivity index (χ0n) is 10.9. The van der Waals surface area contributed by atoms with E-state index < -0.39 is 0 Å². The van der Waals surface area contributed by atoms with Gasteiger partial charge in [0.2, 0.25) is 5.88 Å². The predicted octanol–water partition coefficient (Wildman–Crippen LogP) is 3.65. The van der Waals surface area contributed by atoms with E-state index in [1.54, 1.807) is 6.20 Å². The van der Waals surface area contributed by atoms with Crippen LogP contribution < -0.4 is 10.5 Å². The highest BCUT2D eigenvalue weighted by atomic mass is 79.9. The Morgan fingerprint density at radius 3 is 2.94 bits per heavy atom. The molecule has 1 aliphatic rings. The number of rotatable bonds is 4. The number of nitrogens with zero attached hydrogens (tertiary/aromatic N) is 1. The van der Waals surface area contributed by atoms with E-state index in [1.807, 2.05) is 6.07 Å². The summed E-state index contributed by atoms with van der Waals surface area (Å²) < 4.78 is 7.07. The molecular formula is C14H21BrN2O. The molecule has 2 unspecified atom stereocenters. The molecular weight excluding hydrogens is 292 g/mol. The van der Waals surface area contributed by atoms with Gasteiger partial charge >= 0.3 is 0 Å². The Labute approximate surface area is 117 Å². The fourth-order valence-corrected chi connectivity index (χ4v) is 3.04. The number of hydrogen-bond acceptors (Lipinski definition) is 3. The molecule has 0 aliphatic heterocycles. The second kappa shape index (κ2) is 6.53. The van der Waals surface area contributed by atoms with E-state index in [0.717, 1.165) is 16.5 Å². The monoisotopic (exact) mass is 312 g/mol. The van der Waals surface area contributed by atoms with Crippen molar-refractivity contribution in [3.63, 3.8) is 0 Å². The number of nitrogens with two attached hydrogens (primary N) is 1. The largest absolute Gasteiger partial charge is 0.474 e. The van der Waals surface area contributed by atoms with Gasteiger partial charge in [-0.05, 0) is 53.6 Å². The minimum absolute atomic E-state index is 0.308. The number of hydrogen-bond donors (Lipinski definition) is 1. The summed E-state index contributed by atoms with van der Waals surface area (Å²) in [6.07, 6.45) is 8.27. The van der Waals surface area contributed by atoms with E-state index in [2.05, 4.69) is 27.8 Å². The van der Waals surface area contributed by atoms with Gasteiger partial charge in [-0.3, -0.25) is 0 Å². The molecule has 0 bridgehead atoms. The van der Waals surface area contributed by atoms with Crippen LogP contribution in [0.3, 0.4) is 0 Å². The van der Waals surface area contributed by atoms with Gasteiger partial charge in [-0.15, -0.1) is 0 Å². The van der Waals surface area contributed by atoms with Crippen LogP contribution in [0.2, 0.25) is 0 Å². The van der Waals surface area contributed by atoms with Crippen LogP contribution in [-0.2, 0) is 6.54 Å². The third kappa shape index (κ3) is 3.23. The average Bonchev–Trinajstić information content (AvgIpc) is 2.41. The standard InChI is InChI=1S/C14H21BrN2O/c1-2-10-5-3-4-6-13(10)18-14-11(8-16)7-12(15)9-17-14/h7,9-10,13H,2-6,8,16H2,1H3. The first-order valence-corrected chi connectivity index (χ1v) is 7.55. The Morgan fingerprint density at radius 2 is 2.22 bits per heavy atom. The van der Waals surface area contributed by atoms with Crippen LogP contribution in [-0.4, -0.2) is 11.1 Å². The normalized spacial score (nSPS) is 23.9. The van der Waals surface area contributed by atoms with Gasteiger partial charge in [0.15, 0.2) is 0 Å². The maximum absolute atomic E-state index is 6.12. The van der Waals surface area contributed by atoms with E-state index in [4.69, 9.17) is 10.5 Å². The van der Waals surface area contributed by atoms with Gasteiger partial charge in [0.1, 0.15) is 6.10 Å². The molecule has 1 heterocycles. The van der Waals surface area contributed by atoms with Gasteiger partial charge in [0, 0.05) is 22.8 Å². The highest BCUT2D eigenvalue weighted by Crippen LogP contribution is 2.31. The molecule has 0 saturated heterocycles. The van der Waals surface area contributed by atoms with Gasteiger partial charge < -0.3 is 10.5 Å². The Hall–Kier alpha value is -0.610. The van der Waals surface area contributed by atoms with Crippen molar-refractivity contribution >= 4 is 15.9 Å². The topological polar surface area (TPSA) is 48.1 Å². The molecule has 0 amide bonds. The van der Waals surface area contributed by atoms with E-state index in [9.17, 15) is 0 Å². The lowest BCUT2D eigenvalue weighted by Gasteiger charge is -2.31. The minimum atomic E-state index is 0.308. The first-order chi connectivity index (χ1) is 8.74. The first kappa shape index (κ1) is 13.8. The average molecular weight is 313 g/mol. The fraction of sp³-hybridized carbons (Fsp3) is 0.643. The lowest BCUT2D eigenvalue weighted by molar-refractivity contribution is 0.0848. The van der Waals surface area contributed by atoms with Crippen LogP contribution in [0.25, 0.3) is 0 Å². The smallest absolute Gasteiger partial charge is 0.218 e. The summed E-state index contributed by atoms with van der Waals surface area (Å²) in [7, 11) is 0. The summed E-state index contributed by atoms with van der Waals surface area (Å²) in [4.78, 5) is 4.36. The van der Waals surface area contributed by atoms with Gasteiger partial charge in [0.25, 0.3) is 0 Å². The van der Waals surface area contributed by atoms with Crippen molar-refractivity contribution in [2.75, 3.05) is 0 Å². The third-order valence-corrected chi connectivity index (χ3v) is 4.17. The minimum Gasteiger partial charge on any atom is -0.474 e. The van der Waals surface area contributed by atoms with Gasteiger partial charge in [-0.25, -0.2) is 4.98 Å². The molecule has 100 valence electrons. The van der Waals surface area contributed by atoms with Crippen molar-refractivity contribution < 1.29 is 4.74 Å². The van der Waals surface area contributed by atoms with Gasteiger partial charge in [0.05, 0.1) is 0 Å². The summed E-state index contributed by atoms with van der Waals surface area (Å²) in [6, 6.07) is 1.99. The molecule has 4 heteroatoms. The zero-order chi connectivity index (χ0) is 13.0. The first-order valence-electron chi connectivity index (χ1n) is 6.75.